The zero-order valence-electron chi connectivity index (χ0n) is 15.2. The van der Waals surface area contributed by atoms with Gasteiger partial charge in [0.25, 0.3) is 5.91 Å². The summed E-state index contributed by atoms with van der Waals surface area (Å²) in [6, 6.07) is 10.4. The normalized spacial score (nSPS) is 15.7. The highest BCUT2D eigenvalue weighted by Crippen LogP contribution is 2.28. The fourth-order valence-corrected chi connectivity index (χ4v) is 3.54. The number of nitrogens with zero attached hydrogens (tertiary/aromatic N) is 1. The molecular weight excluding hydrogens is 326 g/mol. The van der Waals surface area contributed by atoms with Crippen LogP contribution in [0.2, 0.25) is 0 Å². The first kappa shape index (κ1) is 16.8. The van der Waals surface area contributed by atoms with E-state index in [1.807, 2.05) is 24.3 Å². The summed E-state index contributed by atoms with van der Waals surface area (Å²) >= 11 is 0. The van der Waals surface area contributed by atoms with Crippen molar-refractivity contribution in [3.8, 4) is 0 Å². The number of anilines is 1. The Morgan fingerprint density at radius 1 is 1.19 bits per heavy atom. The van der Waals surface area contributed by atoms with Crippen LogP contribution in [-0.4, -0.2) is 41.0 Å². The van der Waals surface area contributed by atoms with Gasteiger partial charge in [-0.25, -0.2) is 4.98 Å². The van der Waals surface area contributed by atoms with Gasteiger partial charge in [-0.1, -0.05) is 18.2 Å². The third-order valence-electron chi connectivity index (χ3n) is 4.82. The molecular formula is C20H25N5O. The van der Waals surface area contributed by atoms with Gasteiger partial charge in [0.05, 0.1) is 16.6 Å². The second-order valence-corrected chi connectivity index (χ2v) is 7.25. The Bertz CT molecular complexity index is 940. The minimum atomic E-state index is -0.0619. The summed E-state index contributed by atoms with van der Waals surface area (Å²) < 4.78 is 0. The number of benzene rings is 1. The van der Waals surface area contributed by atoms with E-state index >= 15 is 0 Å². The number of hydrogen-bond acceptors (Lipinski definition) is 4. The van der Waals surface area contributed by atoms with Crippen LogP contribution in [0, 0.1) is 0 Å². The summed E-state index contributed by atoms with van der Waals surface area (Å²) in [5.41, 5.74) is 3.40. The van der Waals surface area contributed by atoms with Gasteiger partial charge in [0, 0.05) is 23.0 Å². The van der Waals surface area contributed by atoms with E-state index in [-0.39, 0.29) is 18.0 Å². The van der Waals surface area contributed by atoms with Crippen molar-refractivity contribution in [2.75, 3.05) is 18.4 Å². The molecule has 0 bridgehead atoms. The van der Waals surface area contributed by atoms with Crippen LogP contribution in [0.5, 0.6) is 0 Å². The predicted octanol–water partition coefficient (Wildman–Crippen LogP) is 3.02. The van der Waals surface area contributed by atoms with E-state index in [9.17, 15) is 4.79 Å². The van der Waals surface area contributed by atoms with Crippen LogP contribution in [0.4, 0.5) is 5.82 Å². The summed E-state index contributed by atoms with van der Waals surface area (Å²) in [7, 11) is 0. The molecule has 4 N–H and O–H groups in total. The fraction of sp³-hybridized carbons (Fsp3) is 0.400. The molecule has 2 aromatic heterocycles. The first-order chi connectivity index (χ1) is 12.6. The molecule has 3 heterocycles. The first-order valence-corrected chi connectivity index (χ1v) is 9.31. The molecule has 1 fully saturated rings. The van der Waals surface area contributed by atoms with Crippen molar-refractivity contribution in [1.82, 2.24) is 20.6 Å². The average Bonchev–Trinajstić information content (AvgIpc) is 2.99. The third-order valence-corrected chi connectivity index (χ3v) is 4.82. The Balaban J connectivity index is 1.75. The highest BCUT2D eigenvalue weighted by atomic mass is 16.1. The van der Waals surface area contributed by atoms with Gasteiger partial charge in [0.15, 0.2) is 0 Å². The average molecular weight is 351 g/mol. The Morgan fingerprint density at radius 2 is 1.96 bits per heavy atom. The lowest BCUT2D eigenvalue weighted by atomic mass is 10.1. The number of piperidine rings is 1. The number of pyridine rings is 1. The molecule has 136 valence electrons. The maximum Gasteiger partial charge on any atom is 0.255 e. The second-order valence-electron chi connectivity index (χ2n) is 7.25. The number of H-pyrrole nitrogens is 1. The van der Waals surface area contributed by atoms with Crippen molar-refractivity contribution in [1.29, 1.82) is 0 Å². The van der Waals surface area contributed by atoms with Crippen molar-refractivity contribution in [3.63, 3.8) is 0 Å². The number of carbonyl (C=O) groups excluding carboxylic acids is 1. The van der Waals surface area contributed by atoms with Crippen molar-refractivity contribution in [2.24, 2.45) is 0 Å². The van der Waals surface area contributed by atoms with Crippen molar-refractivity contribution in [2.45, 2.75) is 38.8 Å². The predicted molar refractivity (Wildman–Crippen MR) is 106 cm³/mol. The SMILES string of the molecule is CC(C)Nc1nc2c(cc1C(=O)NC1CCNCC1)[nH]c1ccccc12. The zero-order chi connectivity index (χ0) is 18.1. The highest BCUT2D eigenvalue weighted by molar-refractivity contribution is 6.09. The van der Waals surface area contributed by atoms with Gasteiger partial charge in [0.2, 0.25) is 0 Å². The Hall–Kier alpha value is -2.60. The number of para-hydroxylation sites is 1. The Morgan fingerprint density at radius 3 is 2.73 bits per heavy atom. The molecule has 0 radical (unpaired) electrons. The molecule has 0 unspecified atom stereocenters. The largest absolute Gasteiger partial charge is 0.367 e. The highest BCUT2D eigenvalue weighted by Gasteiger charge is 2.21. The molecule has 1 amide bonds. The zero-order valence-corrected chi connectivity index (χ0v) is 15.2. The van der Waals surface area contributed by atoms with Crippen LogP contribution in [0.25, 0.3) is 21.9 Å². The number of carbonyl (C=O) groups is 1. The Kier molecular flexibility index (Phi) is 4.51. The maximum absolute atomic E-state index is 12.9. The lowest BCUT2D eigenvalue weighted by Gasteiger charge is -2.24. The van der Waals surface area contributed by atoms with E-state index < -0.39 is 0 Å². The summed E-state index contributed by atoms with van der Waals surface area (Å²) in [5, 5.41) is 10.9. The van der Waals surface area contributed by atoms with Gasteiger partial charge in [-0.2, -0.15) is 0 Å². The molecule has 4 rings (SSSR count). The molecule has 0 spiro atoms. The molecule has 6 heteroatoms. The van der Waals surface area contributed by atoms with Gasteiger partial charge in [-0.15, -0.1) is 0 Å². The van der Waals surface area contributed by atoms with Crippen LogP contribution in [0.15, 0.2) is 30.3 Å². The fourth-order valence-electron chi connectivity index (χ4n) is 3.54. The van der Waals surface area contributed by atoms with E-state index in [4.69, 9.17) is 4.98 Å². The molecule has 1 aliphatic rings. The lowest BCUT2D eigenvalue weighted by molar-refractivity contribution is 0.0930. The van der Waals surface area contributed by atoms with Crippen LogP contribution >= 0.6 is 0 Å². The molecule has 0 saturated carbocycles. The molecule has 0 aliphatic carbocycles. The summed E-state index contributed by atoms with van der Waals surface area (Å²) in [5.74, 6) is 0.580. The number of nitrogens with one attached hydrogen (secondary N) is 4. The van der Waals surface area contributed by atoms with Crippen LogP contribution in [0.1, 0.15) is 37.0 Å². The van der Waals surface area contributed by atoms with Gasteiger partial charge >= 0.3 is 0 Å². The smallest absolute Gasteiger partial charge is 0.255 e. The minimum absolute atomic E-state index is 0.0619. The molecule has 6 nitrogen and oxygen atoms in total. The van der Waals surface area contributed by atoms with Crippen LogP contribution in [0.3, 0.4) is 0 Å². The van der Waals surface area contributed by atoms with E-state index in [0.29, 0.717) is 11.4 Å². The van der Waals surface area contributed by atoms with E-state index in [1.54, 1.807) is 0 Å². The molecule has 3 aromatic rings. The topological polar surface area (TPSA) is 81.8 Å². The van der Waals surface area contributed by atoms with E-state index in [2.05, 4.69) is 40.8 Å². The van der Waals surface area contributed by atoms with Crippen molar-refractivity contribution >= 4 is 33.7 Å². The van der Waals surface area contributed by atoms with E-state index in [0.717, 1.165) is 47.9 Å². The molecule has 0 atom stereocenters. The quantitative estimate of drug-likeness (QED) is 0.582. The molecule has 1 saturated heterocycles. The maximum atomic E-state index is 12.9. The van der Waals surface area contributed by atoms with Crippen molar-refractivity contribution < 1.29 is 4.79 Å². The number of hydrogen-bond donors (Lipinski definition) is 4. The van der Waals surface area contributed by atoms with Crippen molar-refractivity contribution in [3.05, 3.63) is 35.9 Å². The molecule has 1 aliphatic heterocycles. The van der Waals surface area contributed by atoms with Gasteiger partial charge in [-0.3, -0.25) is 4.79 Å². The molecule has 26 heavy (non-hydrogen) atoms. The molecule has 1 aromatic carbocycles. The lowest BCUT2D eigenvalue weighted by Crippen LogP contribution is -2.43. The number of rotatable bonds is 4. The van der Waals surface area contributed by atoms with Gasteiger partial charge in [0.1, 0.15) is 5.82 Å². The monoisotopic (exact) mass is 351 g/mol. The van der Waals surface area contributed by atoms with Crippen LogP contribution < -0.4 is 16.0 Å². The van der Waals surface area contributed by atoms with Gasteiger partial charge < -0.3 is 20.9 Å². The second kappa shape index (κ2) is 6.96. The number of aromatic amines is 1. The van der Waals surface area contributed by atoms with E-state index in [1.165, 1.54) is 0 Å². The number of fused-ring (bicyclic) bond motifs is 3. The Labute approximate surface area is 152 Å². The minimum Gasteiger partial charge on any atom is -0.367 e. The van der Waals surface area contributed by atoms with Crippen LogP contribution in [-0.2, 0) is 0 Å². The summed E-state index contributed by atoms with van der Waals surface area (Å²) in [4.78, 5) is 21.1. The van der Waals surface area contributed by atoms with Gasteiger partial charge in [-0.05, 0) is 51.9 Å². The summed E-state index contributed by atoms with van der Waals surface area (Å²) in [6.45, 7) is 5.99. The summed E-state index contributed by atoms with van der Waals surface area (Å²) in [6.07, 6.45) is 1.92. The number of amides is 1. The third kappa shape index (κ3) is 3.24. The number of aromatic nitrogens is 2. The standard InChI is InChI=1S/C20H25N5O/c1-12(2)22-19-15(20(26)23-13-7-9-21-10-8-13)11-17-18(25-19)14-5-3-4-6-16(14)24-17/h3-6,11-13,21,24H,7-10H2,1-2H3,(H,22,25)(H,23,26). The first-order valence-electron chi connectivity index (χ1n) is 9.31.